The van der Waals surface area contributed by atoms with Crippen LogP contribution in [0.15, 0.2) is 45.8 Å². The zero-order valence-corrected chi connectivity index (χ0v) is 19.2. The molecule has 1 saturated heterocycles. The Morgan fingerprint density at radius 2 is 1.93 bits per heavy atom. The fraction of sp³-hybridized carbons (Fsp3) is 0.227. The molecule has 0 aromatic heterocycles. The quantitative estimate of drug-likeness (QED) is 0.569. The maximum Gasteiger partial charge on any atom is 0.294 e. The van der Waals surface area contributed by atoms with Crippen molar-refractivity contribution < 1.29 is 19.1 Å². The van der Waals surface area contributed by atoms with Gasteiger partial charge in [0.25, 0.3) is 11.1 Å². The third-order valence-electron chi connectivity index (χ3n) is 4.52. The summed E-state index contributed by atoms with van der Waals surface area (Å²) in [6.45, 7) is 5.93. The summed E-state index contributed by atoms with van der Waals surface area (Å²) in [4.78, 5) is 38.7. The smallest absolute Gasteiger partial charge is 0.294 e. The van der Waals surface area contributed by atoms with E-state index in [4.69, 9.17) is 4.74 Å². The lowest BCUT2D eigenvalue weighted by atomic mass is 10.1. The molecule has 0 aliphatic carbocycles. The second-order valence-corrected chi connectivity index (χ2v) is 8.64. The van der Waals surface area contributed by atoms with Gasteiger partial charge in [0, 0.05) is 15.7 Å². The summed E-state index contributed by atoms with van der Waals surface area (Å²) < 4.78 is 6.41. The molecule has 30 heavy (non-hydrogen) atoms. The average Bonchev–Trinajstić information content (AvgIpc) is 2.94. The molecule has 3 rings (SSSR count). The molecule has 1 fully saturated rings. The zero-order chi connectivity index (χ0) is 21.8. The predicted molar refractivity (Wildman–Crippen MR) is 123 cm³/mol. The summed E-state index contributed by atoms with van der Waals surface area (Å²) in [7, 11) is 0. The molecule has 0 unspecified atom stereocenters. The molecule has 3 amide bonds. The van der Waals surface area contributed by atoms with Crippen molar-refractivity contribution in [3.05, 3.63) is 62.5 Å². The standard InChI is InChI=1S/C22H21BrN2O4S/c1-4-29-18-8-6-16(23)10-15(18)11-19-21(27)25(22(28)30-19)12-20(26)24-17-7-5-13(2)14(3)9-17/h5-11H,4,12H2,1-3H3,(H,24,26)/b19-11+. The number of ether oxygens (including phenoxy) is 1. The van der Waals surface area contributed by atoms with Crippen molar-refractivity contribution in [2.45, 2.75) is 20.8 Å². The first-order valence-corrected chi connectivity index (χ1v) is 10.9. The number of hydrogen-bond donors (Lipinski definition) is 1. The van der Waals surface area contributed by atoms with Gasteiger partial charge in [-0.05, 0) is 80.1 Å². The van der Waals surface area contributed by atoms with E-state index in [2.05, 4.69) is 21.2 Å². The summed E-state index contributed by atoms with van der Waals surface area (Å²) in [5, 5.41) is 2.26. The summed E-state index contributed by atoms with van der Waals surface area (Å²) in [6.07, 6.45) is 1.61. The molecule has 2 aromatic rings. The Kier molecular flexibility index (Phi) is 6.99. The molecule has 2 aromatic carbocycles. The Labute approximate surface area is 187 Å². The highest BCUT2D eigenvalue weighted by atomic mass is 79.9. The number of nitrogens with zero attached hydrogens (tertiary/aromatic N) is 1. The zero-order valence-electron chi connectivity index (χ0n) is 16.8. The van der Waals surface area contributed by atoms with Crippen molar-refractivity contribution in [1.29, 1.82) is 0 Å². The average molecular weight is 489 g/mol. The molecule has 0 atom stereocenters. The maximum atomic E-state index is 12.7. The van der Waals surface area contributed by atoms with Crippen molar-refractivity contribution in [3.8, 4) is 5.75 Å². The van der Waals surface area contributed by atoms with Crippen LogP contribution >= 0.6 is 27.7 Å². The first-order valence-electron chi connectivity index (χ1n) is 9.33. The fourth-order valence-corrected chi connectivity index (χ4v) is 4.07. The van der Waals surface area contributed by atoms with Gasteiger partial charge in [-0.25, -0.2) is 0 Å². The number of benzene rings is 2. The highest BCUT2D eigenvalue weighted by Crippen LogP contribution is 2.34. The molecule has 6 nitrogen and oxygen atoms in total. The van der Waals surface area contributed by atoms with E-state index >= 15 is 0 Å². The van der Waals surface area contributed by atoms with Crippen LogP contribution in [0.5, 0.6) is 5.75 Å². The molecule has 1 heterocycles. The molecule has 0 radical (unpaired) electrons. The first kappa shape index (κ1) is 22.1. The van der Waals surface area contributed by atoms with Crippen molar-refractivity contribution in [2.75, 3.05) is 18.5 Å². The van der Waals surface area contributed by atoms with E-state index in [0.29, 0.717) is 23.6 Å². The number of halogens is 1. The van der Waals surface area contributed by atoms with Gasteiger partial charge in [-0.1, -0.05) is 22.0 Å². The number of amides is 3. The second kappa shape index (κ2) is 9.49. The molecule has 1 aliphatic rings. The third kappa shape index (κ3) is 5.12. The minimum absolute atomic E-state index is 0.248. The number of rotatable bonds is 6. The van der Waals surface area contributed by atoms with Gasteiger partial charge in [0.2, 0.25) is 5.91 Å². The minimum Gasteiger partial charge on any atom is -0.493 e. The SMILES string of the molecule is CCOc1ccc(Br)cc1/C=C1/SC(=O)N(CC(=O)Nc2ccc(C)c(C)c2)C1=O. The number of carbonyl (C=O) groups excluding carboxylic acids is 3. The van der Waals surface area contributed by atoms with E-state index in [1.54, 1.807) is 18.2 Å². The molecule has 0 bridgehead atoms. The molecule has 156 valence electrons. The summed E-state index contributed by atoms with van der Waals surface area (Å²) in [5.74, 6) is -0.318. The van der Waals surface area contributed by atoms with Crippen LogP contribution < -0.4 is 10.1 Å². The highest BCUT2D eigenvalue weighted by molar-refractivity contribution is 9.10. The van der Waals surface area contributed by atoms with E-state index in [1.165, 1.54) is 0 Å². The van der Waals surface area contributed by atoms with Gasteiger partial charge in [-0.3, -0.25) is 19.3 Å². The Morgan fingerprint density at radius 1 is 1.17 bits per heavy atom. The molecule has 0 spiro atoms. The van der Waals surface area contributed by atoms with Gasteiger partial charge < -0.3 is 10.1 Å². The number of carbonyl (C=O) groups is 3. The number of anilines is 1. The van der Waals surface area contributed by atoms with E-state index < -0.39 is 17.1 Å². The van der Waals surface area contributed by atoms with E-state index in [9.17, 15) is 14.4 Å². The van der Waals surface area contributed by atoms with Crippen LogP contribution in [0, 0.1) is 13.8 Å². The van der Waals surface area contributed by atoms with E-state index in [1.807, 2.05) is 45.0 Å². The molecule has 0 saturated carbocycles. The van der Waals surface area contributed by atoms with Crippen molar-refractivity contribution >= 4 is 56.5 Å². The van der Waals surface area contributed by atoms with Gasteiger partial charge in [-0.2, -0.15) is 0 Å². The van der Waals surface area contributed by atoms with Crippen LogP contribution in [0.3, 0.4) is 0 Å². The molecular weight excluding hydrogens is 468 g/mol. The summed E-state index contributed by atoms with van der Waals surface area (Å²) in [6, 6.07) is 11.0. The maximum absolute atomic E-state index is 12.7. The van der Waals surface area contributed by atoms with Gasteiger partial charge in [0.15, 0.2) is 0 Å². The number of aryl methyl sites for hydroxylation is 2. The highest BCUT2D eigenvalue weighted by Gasteiger charge is 2.36. The van der Waals surface area contributed by atoms with E-state index in [-0.39, 0.29) is 11.4 Å². The van der Waals surface area contributed by atoms with E-state index in [0.717, 1.165) is 32.3 Å². The van der Waals surface area contributed by atoms with Crippen molar-refractivity contribution in [2.24, 2.45) is 0 Å². The Morgan fingerprint density at radius 3 is 2.63 bits per heavy atom. The van der Waals surface area contributed by atoms with Gasteiger partial charge >= 0.3 is 0 Å². The van der Waals surface area contributed by atoms with Crippen molar-refractivity contribution in [1.82, 2.24) is 4.90 Å². The predicted octanol–water partition coefficient (Wildman–Crippen LogP) is 5.14. The van der Waals surface area contributed by atoms with Crippen LogP contribution in [0.25, 0.3) is 6.08 Å². The fourth-order valence-electron chi connectivity index (χ4n) is 2.86. The lowest BCUT2D eigenvalue weighted by molar-refractivity contribution is -0.127. The molecule has 8 heteroatoms. The van der Waals surface area contributed by atoms with Crippen LogP contribution in [0.4, 0.5) is 10.5 Å². The largest absolute Gasteiger partial charge is 0.493 e. The molecule has 1 aliphatic heterocycles. The Hall–Kier alpha value is -2.58. The number of thioether (sulfide) groups is 1. The molecule has 1 N–H and O–H groups in total. The second-order valence-electron chi connectivity index (χ2n) is 6.73. The Bertz CT molecular complexity index is 1050. The Balaban J connectivity index is 1.74. The number of imide groups is 1. The summed E-state index contributed by atoms with van der Waals surface area (Å²) >= 11 is 4.21. The van der Waals surface area contributed by atoms with Crippen LogP contribution in [0.2, 0.25) is 0 Å². The monoisotopic (exact) mass is 488 g/mol. The summed E-state index contributed by atoms with van der Waals surface area (Å²) in [5.41, 5.74) is 3.46. The van der Waals surface area contributed by atoms with Crippen molar-refractivity contribution in [3.63, 3.8) is 0 Å². The first-order chi connectivity index (χ1) is 14.3. The number of hydrogen-bond acceptors (Lipinski definition) is 5. The van der Waals surface area contributed by atoms with Gasteiger partial charge in [-0.15, -0.1) is 0 Å². The van der Waals surface area contributed by atoms with Crippen LogP contribution in [0.1, 0.15) is 23.6 Å². The van der Waals surface area contributed by atoms with Crippen LogP contribution in [-0.4, -0.2) is 35.1 Å². The lowest BCUT2D eigenvalue weighted by Gasteiger charge is -2.13. The topological polar surface area (TPSA) is 75.7 Å². The van der Waals surface area contributed by atoms with Crippen LogP contribution in [-0.2, 0) is 9.59 Å². The lowest BCUT2D eigenvalue weighted by Crippen LogP contribution is -2.36. The number of nitrogens with one attached hydrogen (secondary N) is 1. The van der Waals surface area contributed by atoms with Gasteiger partial charge in [0.1, 0.15) is 12.3 Å². The normalized spacial score (nSPS) is 15.1. The molecular formula is C22H21BrN2O4S. The minimum atomic E-state index is -0.498. The third-order valence-corrected chi connectivity index (χ3v) is 5.92. The van der Waals surface area contributed by atoms with Gasteiger partial charge in [0.05, 0.1) is 11.5 Å².